The highest BCUT2D eigenvalue weighted by Gasteiger charge is 2.26. The van der Waals surface area contributed by atoms with Crippen LogP contribution in [0.2, 0.25) is 0 Å². The van der Waals surface area contributed by atoms with Crippen LogP contribution in [0.1, 0.15) is 29.2 Å². The molecule has 0 aliphatic heterocycles. The number of aliphatic hydroxyl groups is 1. The summed E-state index contributed by atoms with van der Waals surface area (Å²) in [4.78, 5) is 16.9. The van der Waals surface area contributed by atoms with E-state index in [1.807, 2.05) is 64.3 Å². The van der Waals surface area contributed by atoms with E-state index in [0.29, 0.717) is 12.1 Å². The molecular weight excluding hydrogens is 312 g/mol. The normalized spacial score (nSPS) is 12.2. The van der Waals surface area contributed by atoms with Gasteiger partial charge in [0.1, 0.15) is 0 Å². The van der Waals surface area contributed by atoms with Gasteiger partial charge in [0.25, 0.3) is 5.91 Å². The van der Waals surface area contributed by atoms with E-state index < -0.39 is 6.10 Å². The molecule has 4 heteroatoms. The van der Waals surface area contributed by atoms with Gasteiger partial charge < -0.3 is 14.9 Å². The number of benzene rings is 2. The summed E-state index contributed by atoms with van der Waals surface area (Å²) in [6.45, 7) is 5.47. The van der Waals surface area contributed by atoms with Crippen molar-refractivity contribution in [2.75, 3.05) is 32.1 Å². The zero-order valence-corrected chi connectivity index (χ0v) is 15.6. The Bertz CT molecular complexity index is 678. The number of carbonyl (C=O) groups excluding carboxylic acids is 1. The van der Waals surface area contributed by atoms with E-state index in [0.717, 1.165) is 29.8 Å². The van der Waals surface area contributed by atoms with Crippen LogP contribution in [0.25, 0.3) is 0 Å². The summed E-state index contributed by atoms with van der Waals surface area (Å²) in [6, 6.07) is 15.1. The first-order chi connectivity index (χ1) is 11.9. The molecule has 2 aromatic rings. The lowest BCUT2D eigenvalue weighted by Gasteiger charge is -2.29. The van der Waals surface area contributed by atoms with Crippen molar-refractivity contribution in [3.8, 4) is 0 Å². The Morgan fingerprint density at radius 2 is 1.56 bits per heavy atom. The molecule has 0 bridgehead atoms. The fourth-order valence-corrected chi connectivity index (χ4v) is 3.03. The third kappa shape index (κ3) is 4.91. The fourth-order valence-electron chi connectivity index (χ4n) is 3.03. The molecule has 0 saturated carbocycles. The number of carbonyl (C=O) groups is 1. The van der Waals surface area contributed by atoms with Gasteiger partial charge in [0.15, 0.2) is 6.10 Å². The van der Waals surface area contributed by atoms with E-state index >= 15 is 0 Å². The van der Waals surface area contributed by atoms with Crippen LogP contribution in [0.15, 0.2) is 48.5 Å². The molecule has 1 atom stereocenters. The average Bonchev–Trinajstić information content (AvgIpc) is 2.59. The second kappa shape index (κ2) is 8.79. The van der Waals surface area contributed by atoms with Crippen LogP contribution < -0.4 is 4.90 Å². The van der Waals surface area contributed by atoms with Crippen molar-refractivity contribution in [2.24, 2.45) is 0 Å². The third-order valence-electron chi connectivity index (χ3n) is 4.31. The predicted octanol–water partition coefficient (Wildman–Crippen LogP) is 3.32. The summed E-state index contributed by atoms with van der Waals surface area (Å²) in [6.07, 6.45) is -0.312. The molecule has 2 aromatic carbocycles. The first kappa shape index (κ1) is 19.2. The Hall–Kier alpha value is -2.17. The first-order valence-electron chi connectivity index (χ1n) is 8.67. The highest BCUT2D eigenvalue weighted by molar-refractivity contribution is 5.98. The van der Waals surface area contributed by atoms with Crippen LogP contribution in [0.4, 0.5) is 5.69 Å². The maximum absolute atomic E-state index is 13.1. The van der Waals surface area contributed by atoms with E-state index in [1.54, 1.807) is 17.0 Å². The minimum absolute atomic E-state index is 0.276. The van der Waals surface area contributed by atoms with E-state index in [2.05, 4.69) is 4.90 Å². The molecule has 1 unspecified atom stereocenters. The lowest BCUT2D eigenvalue weighted by molar-refractivity contribution is -0.127. The summed E-state index contributed by atoms with van der Waals surface area (Å²) >= 11 is 0. The van der Waals surface area contributed by atoms with Crippen molar-refractivity contribution < 1.29 is 9.90 Å². The van der Waals surface area contributed by atoms with Gasteiger partial charge >= 0.3 is 0 Å². The van der Waals surface area contributed by atoms with Crippen molar-refractivity contribution in [1.82, 2.24) is 4.90 Å². The monoisotopic (exact) mass is 340 g/mol. The molecule has 0 aliphatic carbocycles. The molecule has 0 aromatic heterocycles. The van der Waals surface area contributed by atoms with Gasteiger partial charge in [-0.3, -0.25) is 4.79 Å². The Balaban J connectivity index is 2.32. The quantitative estimate of drug-likeness (QED) is 0.841. The van der Waals surface area contributed by atoms with Crippen molar-refractivity contribution >= 4 is 11.6 Å². The van der Waals surface area contributed by atoms with Gasteiger partial charge in [0.05, 0.1) is 0 Å². The molecule has 0 saturated heterocycles. The average molecular weight is 340 g/mol. The molecule has 25 heavy (non-hydrogen) atoms. The van der Waals surface area contributed by atoms with Crippen LogP contribution in [-0.4, -0.2) is 43.1 Å². The third-order valence-corrected chi connectivity index (χ3v) is 4.31. The first-order valence-corrected chi connectivity index (χ1v) is 8.67. The smallest absolute Gasteiger partial charge is 0.260 e. The summed E-state index contributed by atoms with van der Waals surface area (Å²) in [5.41, 5.74) is 3.61. The zero-order chi connectivity index (χ0) is 18.4. The zero-order valence-electron chi connectivity index (χ0n) is 15.6. The number of aryl methyl sites for hydroxylation is 2. The van der Waals surface area contributed by atoms with Crippen molar-refractivity contribution in [3.63, 3.8) is 0 Å². The minimum Gasteiger partial charge on any atom is -0.378 e. The number of anilines is 1. The second-order valence-corrected chi connectivity index (χ2v) is 6.70. The molecule has 2 rings (SSSR count). The summed E-state index contributed by atoms with van der Waals surface area (Å²) in [5.74, 6) is -0.276. The Morgan fingerprint density at radius 1 is 0.960 bits per heavy atom. The van der Waals surface area contributed by atoms with E-state index in [-0.39, 0.29) is 5.91 Å². The number of para-hydroxylation sites is 1. The Kier molecular flexibility index (Phi) is 6.73. The fraction of sp³-hybridized carbons (Fsp3) is 0.381. The van der Waals surface area contributed by atoms with Crippen LogP contribution in [0, 0.1) is 13.8 Å². The van der Waals surface area contributed by atoms with Gasteiger partial charge in [-0.1, -0.05) is 48.5 Å². The van der Waals surface area contributed by atoms with Gasteiger partial charge in [-0.2, -0.15) is 0 Å². The maximum atomic E-state index is 13.1. The van der Waals surface area contributed by atoms with Gasteiger partial charge in [-0.15, -0.1) is 0 Å². The van der Waals surface area contributed by atoms with Gasteiger partial charge in [-0.25, -0.2) is 0 Å². The van der Waals surface area contributed by atoms with Crippen LogP contribution in [0.3, 0.4) is 0 Å². The number of nitrogens with zero attached hydrogens (tertiary/aromatic N) is 2. The molecule has 4 nitrogen and oxygen atoms in total. The lowest BCUT2D eigenvalue weighted by atomic mass is 10.0. The highest BCUT2D eigenvalue weighted by Crippen LogP contribution is 2.28. The second-order valence-electron chi connectivity index (χ2n) is 6.70. The number of hydrogen-bond donors (Lipinski definition) is 1. The van der Waals surface area contributed by atoms with Crippen LogP contribution in [-0.2, 0) is 4.79 Å². The summed E-state index contributed by atoms with van der Waals surface area (Å²) < 4.78 is 0. The summed E-state index contributed by atoms with van der Waals surface area (Å²) in [7, 11) is 4.04. The standard InChI is InChI=1S/C21H28N2O2/c1-16-10-8-11-17(2)19(16)23(15-9-14-22(3)4)21(25)20(24)18-12-6-5-7-13-18/h5-8,10-13,20,24H,9,14-15H2,1-4H3. The summed E-state index contributed by atoms with van der Waals surface area (Å²) in [5, 5.41) is 10.6. The lowest BCUT2D eigenvalue weighted by Crippen LogP contribution is -2.38. The maximum Gasteiger partial charge on any atom is 0.260 e. The Morgan fingerprint density at radius 3 is 2.12 bits per heavy atom. The molecule has 134 valence electrons. The molecule has 0 spiro atoms. The predicted molar refractivity (Wildman–Crippen MR) is 103 cm³/mol. The highest BCUT2D eigenvalue weighted by atomic mass is 16.3. The van der Waals surface area contributed by atoms with E-state index in [4.69, 9.17) is 0 Å². The van der Waals surface area contributed by atoms with Crippen molar-refractivity contribution in [1.29, 1.82) is 0 Å². The molecule has 0 fully saturated rings. The Labute approximate surface area is 150 Å². The molecule has 0 radical (unpaired) electrons. The molecule has 0 aliphatic rings. The topological polar surface area (TPSA) is 43.8 Å². The number of aliphatic hydroxyl groups excluding tert-OH is 1. The largest absolute Gasteiger partial charge is 0.378 e. The van der Waals surface area contributed by atoms with E-state index in [9.17, 15) is 9.90 Å². The molecule has 1 N–H and O–H groups in total. The van der Waals surface area contributed by atoms with Crippen LogP contribution in [0.5, 0.6) is 0 Å². The van der Waals surface area contributed by atoms with E-state index in [1.165, 1.54) is 0 Å². The van der Waals surface area contributed by atoms with Crippen molar-refractivity contribution in [3.05, 3.63) is 65.2 Å². The van der Waals surface area contributed by atoms with Gasteiger partial charge in [0, 0.05) is 12.2 Å². The molecule has 1 amide bonds. The van der Waals surface area contributed by atoms with Gasteiger partial charge in [0.2, 0.25) is 0 Å². The number of rotatable bonds is 7. The SMILES string of the molecule is Cc1cccc(C)c1N(CCCN(C)C)C(=O)C(O)c1ccccc1. The molecular formula is C21H28N2O2. The van der Waals surface area contributed by atoms with Crippen LogP contribution >= 0.6 is 0 Å². The number of amides is 1. The minimum atomic E-state index is -1.15. The number of hydrogen-bond acceptors (Lipinski definition) is 3. The van der Waals surface area contributed by atoms with Gasteiger partial charge in [-0.05, 0) is 57.6 Å². The molecule has 0 heterocycles. The van der Waals surface area contributed by atoms with Crippen molar-refractivity contribution in [2.45, 2.75) is 26.4 Å².